The van der Waals surface area contributed by atoms with Gasteiger partial charge < -0.3 is 10.2 Å². The Balaban J connectivity index is 2.96. The summed E-state index contributed by atoms with van der Waals surface area (Å²) in [6, 6.07) is 6.01. The van der Waals surface area contributed by atoms with E-state index in [1.54, 1.807) is 0 Å². The number of nitrogens with one attached hydrogen (secondary N) is 1. The van der Waals surface area contributed by atoms with E-state index in [-0.39, 0.29) is 0 Å². The summed E-state index contributed by atoms with van der Waals surface area (Å²) in [7, 11) is 4.01. The van der Waals surface area contributed by atoms with Crippen molar-refractivity contribution in [2.45, 2.75) is 13.5 Å². The van der Waals surface area contributed by atoms with Crippen molar-refractivity contribution in [3.8, 4) is 0 Å². The lowest BCUT2D eigenvalue weighted by atomic mass is 10.1. The van der Waals surface area contributed by atoms with Gasteiger partial charge in [-0.2, -0.15) is 0 Å². The summed E-state index contributed by atoms with van der Waals surface area (Å²) in [5, 5.41) is 2.70. The molecule has 0 aliphatic rings. The van der Waals surface area contributed by atoms with Gasteiger partial charge in [0.1, 0.15) is 0 Å². The van der Waals surface area contributed by atoms with Crippen molar-refractivity contribution in [2.75, 3.05) is 19.4 Å². The third-order valence-electron chi connectivity index (χ3n) is 1.96. The van der Waals surface area contributed by atoms with Crippen LogP contribution in [0, 0.1) is 6.92 Å². The molecule has 0 saturated carbocycles. The maximum atomic E-state index is 10.4. The average molecular weight is 192 g/mol. The lowest BCUT2D eigenvalue weighted by Gasteiger charge is -2.14. The van der Waals surface area contributed by atoms with Crippen LogP contribution < -0.4 is 5.32 Å². The van der Waals surface area contributed by atoms with E-state index in [1.165, 1.54) is 5.56 Å². The Kier molecular flexibility index (Phi) is 3.65. The maximum Gasteiger partial charge on any atom is 0.211 e. The smallest absolute Gasteiger partial charge is 0.211 e. The largest absolute Gasteiger partial charge is 0.328 e. The van der Waals surface area contributed by atoms with Gasteiger partial charge in [0.05, 0.1) is 0 Å². The van der Waals surface area contributed by atoms with E-state index < -0.39 is 0 Å². The number of hydrogen-bond acceptors (Lipinski definition) is 2. The van der Waals surface area contributed by atoms with Gasteiger partial charge in [0.25, 0.3) is 0 Å². The summed E-state index contributed by atoms with van der Waals surface area (Å²) in [5.74, 6) is 0. The summed E-state index contributed by atoms with van der Waals surface area (Å²) in [6.45, 7) is 2.88. The highest BCUT2D eigenvalue weighted by Crippen LogP contribution is 2.17. The van der Waals surface area contributed by atoms with Gasteiger partial charge in [-0.05, 0) is 32.6 Å². The fourth-order valence-corrected chi connectivity index (χ4v) is 1.40. The lowest BCUT2D eigenvalue weighted by molar-refractivity contribution is -0.105. The van der Waals surface area contributed by atoms with Crippen LogP contribution in [0.15, 0.2) is 18.2 Å². The number of nitrogens with zero attached hydrogens (tertiary/aromatic N) is 1. The van der Waals surface area contributed by atoms with Crippen molar-refractivity contribution in [1.82, 2.24) is 4.90 Å². The molecule has 0 fully saturated rings. The van der Waals surface area contributed by atoms with E-state index >= 15 is 0 Å². The van der Waals surface area contributed by atoms with Crippen LogP contribution in [0.4, 0.5) is 5.69 Å². The molecule has 1 N–H and O–H groups in total. The Morgan fingerprint density at radius 2 is 2.14 bits per heavy atom. The number of anilines is 1. The number of benzene rings is 1. The summed E-state index contributed by atoms with van der Waals surface area (Å²) in [4.78, 5) is 12.4. The molecule has 0 spiro atoms. The summed E-state index contributed by atoms with van der Waals surface area (Å²) >= 11 is 0. The molecule has 1 aromatic rings. The predicted molar refractivity (Wildman–Crippen MR) is 58.3 cm³/mol. The zero-order chi connectivity index (χ0) is 10.6. The highest BCUT2D eigenvalue weighted by molar-refractivity contribution is 5.73. The van der Waals surface area contributed by atoms with Gasteiger partial charge in [0.2, 0.25) is 6.41 Å². The van der Waals surface area contributed by atoms with Crippen LogP contribution in [0.3, 0.4) is 0 Å². The van der Waals surface area contributed by atoms with Crippen molar-refractivity contribution in [3.05, 3.63) is 29.3 Å². The highest BCUT2D eigenvalue weighted by atomic mass is 16.1. The molecule has 3 nitrogen and oxygen atoms in total. The standard InChI is InChI=1S/C11H16N2O/c1-9-4-5-11(12-8-14)10(6-9)7-13(2)3/h4-6,8H,7H2,1-3H3,(H,12,14). The molecule has 0 aromatic heterocycles. The van der Waals surface area contributed by atoms with Crippen molar-refractivity contribution in [1.29, 1.82) is 0 Å². The zero-order valence-electron chi connectivity index (χ0n) is 8.87. The normalized spacial score (nSPS) is 10.3. The van der Waals surface area contributed by atoms with Gasteiger partial charge in [-0.15, -0.1) is 0 Å². The minimum absolute atomic E-state index is 0.712. The number of aryl methyl sites for hydroxylation is 1. The molecule has 1 amide bonds. The third kappa shape index (κ3) is 2.85. The average Bonchev–Trinajstić information content (AvgIpc) is 2.09. The minimum atomic E-state index is 0.712. The second-order valence-electron chi connectivity index (χ2n) is 3.66. The molecule has 0 heterocycles. The SMILES string of the molecule is Cc1ccc(NC=O)c(CN(C)C)c1. The van der Waals surface area contributed by atoms with Crippen LogP contribution in [-0.2, 0) is 11.3 Å². The monoisotopic (exact) mass is 192 g/mol. The van der Waals surface area contributed by atoms with Gasteiger partial charge in [-0.25, -0.2) is 0 Å². The van der Waals surface area contributed by atoms with E-state index in [0.717, 1.165) is 17.8 Å². The summed E-state index contributed by atoms with van der Waals surface area (Å²) in [5.41, 5.74) is 3.24. The van der Waals surface area contributed by atoms with Gasteiger partial charge in [-0.1, -0.05) is 17.7 Å². The van der Waals surface area contributed by atoms with Crippen LogP contribution in [0.5, 0.6) is 0 Å². The van der Waals surface area contributed by atoms with E-state index in [9.17, 15) is 4.79 Å². The molecule has 0 atom stereocenters. The first-order valence-corrected chi connectivity index (χ1v) is 4.58. The van der Waals surface area contributed by atoms with Crippen LogP contribution in [0.2, 0.25) is 0 Å². The molecule has 1 rings (SSSR count). The van der Waals surface area contributed by atoms with Crippen molar-refractivity contribution in [2.24, 2.45) is 0 Å². The van der Waals surface area contributed by atoms with E-state index in [2.05, 4.69) is 16.3 Å². The summed E-state index contributed by atoms with van der Waals surface area (Å²) < 4.78 is 0. The Labute approximate surface area is 84.7 Å². The van der Waals surface area contributed by atoms with Crippen LogP contribution in [-0.4, -0.2) is 25.4 Å². The first-order chi connectivity index (χ1) is 6.63. The Morgan fingerprint density at radius 1 is 1.43 bits per heavy atom. The fraction of sp³-hybridized carbons (Fsp3) is 0.364. The second kappa shape index (κ2) is 4.77. The molecule has 14 heavy (non-hydrogen) atoms. The number of rotatable bonds is 4. The first kappa shape index (κ1) is 10.7. The quantitative estimate of drug-likeness (QED) is 0.735. The number of hydrogen-bond donors (Lipinski definition) is 1. The Morgan fingerprint density at radius 3 is 2.71 bits per heavy atom. The zero-order valence-corrected chi connectivity index (χ0v) is 8.87. The second-order valence-corrected chi connectivity index (χ2v) is 3.66. The molecular weight excluding hydrogens is 176 g/mol. The Bertz CT molecular complexity index is 321. The van der Waals surface area contributed by atoms with E-state index in [1.807, 2.05) is 33.2 Å². The molecule has 0 unspecified atom stereocenters. The van der Waals surface area contributed by atoms with Gasteiger partial charge >= 0.3 is 0 Å². The van der Waals surface area contributed by atoms with E-state index in [0.29, 0.717) is 6.41 Å². The summed E-state index contributed by atoms with van der Waals surface area (Å²) in [6.07, 6.45) is 0.712. The van der Waals surface area contributed by atoms with Crippen LogP contribution in [0.1, 0.15) is 11.1 Å². The number of carbonyl (C=O) groups is 1. The van der Waals surface area contributed by atoms with Crippen LogP contribution >= 0.6 is 0 Å². The number of carbonyl (C=O) groups excluding carboxylic acids is 1. The maximum absolute atomic E-state index is 10.4. The van der Waals surface area contributed by atoms with Gasteiger partial charge in [0.15, 0.2) is 0 Å². The van der Waals surface area contributed by atoms with Gasteiger partial charge in [-0.3, -0.25) is 4.79 Å². The molecule has 0 saturated heterocycles. The molecule has 0 aliphatic carbocycles. The lowest BCUT2D eigenvalue weighted by Crippen LogP contribution is -2.12. The van der Waals surface area contributed by atoms with E-state index in [4.69, 9.17) is 0 Å². The minimum Gasteiger partial charge on any atom is -0.328 e. The highest BCUT2D eigenvalue weighted by Gasteiger charge is 2.02. The Hall–Kier alpha value is -1.35. The topological polar surface area (TPSA) is 32.3 Å². The fourth-order valence-electron chi connectivity index (χ4n) is 1.40. The molecule has 1 aromatic carbocycles. The molecular formula is C11H16N2O. The molecule has 0 bridgehead atoms. The third-order valence-corrected chi connectivity index (χ3v) is 1.96. The predicted octanol–water partition coefficient (Wildman–Crippen LogP) is 1.62. The van der Waals surface area contributed by atoms with Crippen molar-refractivity contribution >= 4 is 12.1 Å². The molecule has 76 valence electrons. The molecule has 0 radical (unpaired) electrons. The first-order valence-electron chi connectivity index (χ1n) is 4.58. The van der Waals surface area contributed by atoms with Gasteiger partial charge in [0, 0.05) is 12.2 Å². The number of amides is 1. The molecule has 0 aliphatic heterocycles. The molecule has 3 heteroatoms. The van der Waals surface area contributed by atoms with Crippen molar-refractivity contribution < 1.29 is 4.79 Å². The van der Waals surface area contributed by atoms with Crippen LogP contribution in [0.25, 0.3) is 0 Å². The van der Waals surface area contributed by atoms with Crippen molar-refractivity contribution in [3.63, 3.8) is 0 Å².